The number of aliphatic carboxylic acids is 1. The van der Waals surface area contributed by atoms with E-state index in [2.05, 4.69) is 27.7 Å². The molecule has 2 saturated heterocycles. The number of nitrogens with one attached hydrogen (secondary N) is 2. The molecule has 3 amide bonds. The van der Waals surface area contributed by atoms with Crippen LogP contribution >= 0.6 is 0 Å². The fourth-order valence-corrected chi connectivity index (χ4v) is 3.82. The first-order valence-electron chi connectivity index (χ1n) is 10.4. The molecule has 0 saturated carbocycles. The Labute approximate surface area is 184 Å². The summed E-state index contributed by atoms with van der Waals surface area (Å²) in [5.41, 5.74) is 0.722. The fraction of sp³-hybridized carbons (Fsp3) is 0.571. The van der Waals surface area contributed by atoms with Gasteiger partial charge in [-0.2, -0.15) is 13.2 Å². The molecule has 3 N–H and O–H groups in total. The summed E-state index contributed by atoms with van der Waals surface area (Å²) >= 11 is 0. The molecule has 0 atom stereocenters. The van der Waals surface area contributed by atoms with Crippen LogP contribution in [-0.4, -0.2) is 76.8 Å². The first kappa shape index (κ1) is 25.4. The van der Waals surface area contributed by atoms with Crippen LogP contribution in [0.4, 0.5) is 18.0 Å². The molecule has 178 valence electrons. The molecule has 0 unspecified atom stereocenters. The van der Waals surface area contributed by atoms with Crippen LogP contribution in [0.15, 0.2) is 30.3 Å². The lowest BCUT2D eigenvalue weighted by Gasteiger charge is -2.50. The van der Waals surface area contributed by atoms with E-state index in [9.17, 15) is 22.8 Å². The lowest BCUT2D eigenvalue weighted by atomic mass is 9.83. The standard InChI is InChI=1S/C19H28N4O2.C2HF3O2/c1-15(2)21-18(25)22-11-8-19(9-12-22)17(24)20-10-13-23(19)14-16-6-4-3-5-7-16;3-2(4,5)1(6)7/h3-7,15H,8-14H2,1-2H3,(H,20,24)(H,21,25);(H,6,7). The van der Waals surface area contributed by atoms with Gasteiger partial charge in [0.2, 0.25) is 5.91 Å². The van der Waals surface area contributed by atoms with Crippen LogP contribution in [0.2, 0.25) is 0 Å². The van der Waals surface area contributed by atoms with Gasteiger partial charge in [0.25, 0.3) is 0 Å². The van der Waals surface area contributed by atoms with Gasteiger partial charge in [-0.05, 0) is 32.3 Å². The summed E-state index contributed by atoms with van der Waals surface area (Å²) in [6.45, 7) is 7.43. The second-order valence-corrected chi connectivity index (χ2v) is 8.09. The van der Waals surface area contributed by atoms with E-state index in [1.54, 1.807) is 0 Å². The minimum atomic E-state index is -5.08. The SMILES string of the molecule is CC(C)NC(=O)N1CCC2(CC1)C(=O)NCCN2Cc1ccccc1.O=C(O)C(F)(F)F. The lowest BCUT2D eigenvalue weighted by Crippen LogP contribution is -2.68. The first-order chi connectivity index (χ1) is 15.0. The minimum Gasteiger partial charge on any atom is -0.475 e. The molecule has 1 aromatic rings. The van der Waals surface area contributed by atoms with Gasteiger partial charge >= 0.3 is 18.2 Å². The largest absolute Gasteiger partial charge is 0.490 e. The smallest absolute Gasteiger partial charge is 0.475 e. The number of carboxylic acid groups (broad SMARTS) is 1. The Morgan fingerprint density at radius 3 is 2.22 bits per heavy atom. The number of carbonyl (C=O) groups excluding carboxylic acids is 2. The molecule has 1 aromatic carbocycles. The molecule has 2 fully saturated rings. The lowest BCUT2D eigenvalue weighted by molar-refractivity contribution is -0.192. The number of nitrogens with zero attached hydrogens (tertiary/aromatic N) is 2. The highest BCUT2D eigenvalue weighted by atomic mass is 19.4. The number of carbonyl (C=O) groups is 3. The normalized spacial score (nSPS) is 18.6. The number of likely N-dealkylation sites (tertiary alicyclic amines) is 1. The zero-order chi connectivity index (χ0) is 23.9. The average Bonchev–Trinajstić information content (AvgIpc) is 2.72. The molecule has 0 aromatic heterocycles. The number of hydrogen-bond donors (Lipinski definition) is 3. The Kier molecular flexibility index (Phi) is 8.48. The molecule has 0 bridgehead atoms. The van der Waals surface area contributed by atoms with Crippen molar-refractivity contribution in [1.29, 1.82) is 0 Å². The van der Waals surface area contributed by atoms with Crippen molar-refractivity contribution in [3.8, 4) is 0 Å². The van der Waals surface area contributed by atoms with Gasteiger partial charge in [-0.3, -0.25) is 9.69 Å². The van der Waals surface area contributed by atoms with Gasteiger partial charge < -0.3 is 20.6 Å². The molecule has 11 heteroatoms. The van der Waals surface area contributed by atoms with Crippen LogP contribution in [0.3, 0.4) is 0 Å². The van der Waals surface area contributed by atoms with Crippen molar-refractivity contribution in [3.05, 3.63) is 35.9 Å². The fourth-order valence-electron chi connectivity index (χ4n) is 3.82. The highest BCUT2D eigenvalue weighted by molar-refractivity contribution is 5.87. The third kappa shape index (κ3) is 6.59. The number of piperidine rings is 1. The van der Waals surface area contributed by atoms with Crippen LogP contribution in [0.25, 0.3) is 0 Å². The van der Waals surface area contributed by atoms with Gasteiger partial charge in [-0.1, -0.05) is 30.3 Å². The van der Waals surface area contributed by atoms with Crippen molar-refractivity contribution in [2.45, 2.75) is 51.0 Å². The number of halogens is 3. The van der Waals surface area contributed by atoms with E-state index in [-0.39, 0.29) is 18.0 Å². The number of urea groups is 1. The summed E-state index contributed by atoms with van der Waals surface area (Å²) in [5, 5.41) is 13.1. The predicted octanol–water partition coefficient (Wildman–Crippen LogP) is 2.20. The third-order valence-corrected chi connectivity index (χ3v) is 5.44. The third-order valence-electron chi connectivity index (χ3n) is 5.44. The van der Waals surface area contributed by atoms with Gasteiger partial charge in [0.1, 0.15) is 5.54 Å². The summed E-state index contributed by atoms with van der Waals surface area (Å²) < 4.78 is 31.7. The molecule has 1 spiro atoms. The number of rotatable bonds is 3. The Morgan fingerprint density at radius 1 is 1.16 bits per heavy atom. The second kappa shape index (κ2) is 10.7. The van der Waals surface area contributed by atoms with Crippen molar-refractivity contribution >= 4 is 17.9 Å². The van der Waals surface area contributed by atoms with Crippen LogP contribution in [0, 0.1) is 0 Å². The summed E-state index contributed by atoms with van der Waals surface area (Å²) in [6, 6.07) is 10.4. The van der Waals surface area contributed by atoms with Crippen molar-refractivity contribution in [2.24, 2.45) is 0 Å². The molecule has 0 aliphatic carbocycles. The van der Waals surface area contributed by atoms with Crippen LogP contribution in [-0.2, 0) is 16.1 Å². The van der Waals surface area contributed by atoms with E-state index in [0.717, 1.165) is 13.1 Å². The number of benzene rings is 1. The Balaban J connectivity index is 0.000000451. The maximum Gasteiger partial charge on any atom is 0.490 e. The molecule has 0 radical (unpaired) electrons. The summed E-state index contributed by atoms with van der Waals surface area (Å²) in [5.74, 6) is -2.65. The number of hydrogen-bond acceptors (Lipinski definition) is 4. The van der Waals surface area contributed by atoms with Crippen molar-refractivity contribution in [1.82, 2.24) is 20.4 Å². The Bertz CT molecular complexity index is 794. The molecule has 2 aliphatic heterocycles. The maximum absolute atomic E-state index is 12.8. The zero-order valence-corrected chi connectivity index (χ0v) is 18.1. The average molecular weight is 458 g/mol. The Hall–Kier alpha value is -2.82. The second-order valence-electron chi connectivity index (χ2n) is 8.09. The molecule has 32 heavy (non-hydrogen) atoms. The quantitative estimate of drug-likeness (QED) is 0.645. The molecular weight excluding hydrogens is 429 g/mol. The number of alkyl halides is 3. The van der Waals surface area contributed by atoms with E-state index in [1.165, 1.54) is 5.56 Å². The summed E-state index contributed by atoms with van der Waals surface area (Å²) in [7, 11) is 0. The van der Waals surface area contributed by atoms with E-state index >= 15 is 0 Å². The van der Waals surface area contributed by atoms with Crippen LogP contribution < -0.4 is 10.6 Å². The first-order valence-corrected chi connectivity index (χ1v) is 10.4. The molecular formula is C21H29F3N4O4. The minimum absolute atomic E-state index is 0.0318. The molecule has 8 nitrogen and oxygen atoms in total. The predicted molar refractivity (Wildman–Crippen MR) is 111 cm³/mol. The molecule has 2 aliphatic rings. The maximum atomic E-state index is 12.8. The highest BCUT2D eigenvalue weighted by Crippen LogP contribution is 2.32. The van der Waals surface area contributed by atoms with Gasteiger partial charge in [0.15, 0.2) is 0 Å². The number of carboxylic acids is 1. The van der Waals surface area contributed by atoms with Crippen molar-refractivity contribution < 1.29 is 32.7 Å². The van der Waals surface area contributed by atoms with E-state index in [1.807, 2.05) is 36.9 Å². The summed E-state index contributed by atoms with van der Waals surface area (Å²) in [6.07, 6.45) is -3.73. The van der Waals surface area contributed by atoms with Crippen molar-refractivity contribution in [3.63, 3.8) is 0 Å². The van der Waals surface area contributed by atoms with E-state index < -0.39 is 17.7 Å². The van der Waals surface area contributed by atoms with Crippen LogP contribution in [0.5, 0.6) is 0 Å². The number of amides is 3. The Morgan fingerprint density at radius 2 is 1.72 bits per heavy atom. The zero-order valence-electron chi connectivity index (χ0n) is 18.1. The molecule has 3 rings (SSSR count). The van der Waals surface area contributed by atoms with Crippen molar-refractivity contribution in [2.75, 3.05) is 26.2 Å². The molecule has 2 heterocycles. The van der Waals surface area contributed by atoms with Gasteiger partial charge in [-0.25, -0.2) is 9.59 Å². The topological polar surface area (TPSA) is 102 Å². The summed E-state index contributed by atoms with van der Waals surface area (Å²) in [4.78, 5) is 38.0. The van der Waals surface area contributed by atoms with Gasteiger partial charge in [-0.15, -0.1) is 0 Å². The monoisotopic (exact) mass is 458 g/mol. The van der Waals surface area contributed by atoms with Gasteiger partial charge in [0.05, 0.1) is 0 Å². The van der Waals surface area contributed by atoms with Crippen LogP contribution in [0.1, 0.15) is 32.3 Å². The van der Waals surface area contributed by atoms with Gasteiger partial charge in [0, 0.05) is 38.8 Å². The highest BCUT2D eigenvalue weighted by Gasteiger charge is 2.48. The van der Waals surface area contributed by atoms with E-state index in [4.69, 9.17) is 9.90 Å². The number of piperazine rings is 1. The van der Waals surface area contributed by atoms with E-state index in [0.29, 0.717) is 32.5 Å².